The molecule has 114 valence electrons. The van der Waals surface area contributed by atoms with Gasteiger partial charge in [-0.2, -0.15) is 0 Å². The Labute approximate surface area is 122 Å². The lowest BCUT2D eigenvalue weighted by Gasteiger charge is -2.31. The van der Waals surface area contributed by atoms with Gasteiger partial charge in [0.2, 0.25) is 0 Å². The van der Waals surface area contributed by atoms with Crippen molar-refractivity contribution >= 4 is 5.91 Å². The molecule has 1 amide bonds. The minimum absolute atomic E-state index is 0.0127. The van der Waals surface area contributed by atoms with Crippen molar-refractivity contribution in [1.29, 1.82) is 0 Å². The summed E-state index contributed by atoms with van der Waals surface area (Å²) in [4.78, 5) is 14.2. The summed E-state index contributed by atoms with van der Waals surface area (Å²) in [6, 6.07) is 2.90. The summed E-state index contributed by atoms with van der Waals surface area (Å²) in [6.07, 6.45) is 4.01. The van der Waals surface area contributed by atoms with Gasteiger partial charge in [0.05, 0.1) is 6.10 Å². The number of amides is 1. The van der Waals surface area contributed by atoms with Gasteiger partial charge in [0.25, 0.3) is 5.91 Å². The molecule has 1 aliphatic carbocycles. The largest absolute Gasteiger partial charge is 0.393 e. The van der Waals surface area contributed by atoms with Crippen LogP contribution in [0.15, 0.2) is 18.2 Å². The highest BCUT2D eigenvalue weighted by atomic mass is 19.1. The van der Waals surface area contributed by atoms with E-state index in [0.717, 1.165) is 50.3 Å². The summed E-state index contributed by atoms with van der Waals surface area (Å²) in [5.41, 5.74) is 0.0480. The first-order valence-corrected chi connectivity index (χ1v) is 7.51. The highest BCUT2D eigenvalue weighted by Gasteiger charge is 2.40. The Morgan fingerprint density at radius 3 is 2.43 bits per heavy atom. The molecule has 1 N–H and O–H groups in total. The summed E-state index contributed by atoms with van der Waals surface area (Å²) >= 11 is 0. The van der Waals surface area contributed by atoms with Crippen molar-refractivity contribution in [2.24, 2.45) is 5.92 Å². The lowest BCUT2D eigenvalue weighted by Crippen LogP contribution is -2.42. The van der Waals surface area contributed by atoms with Gasteiger partial charge in [0, 0.05) is 30.1 Å². The molecule has 1 aliphatic heterocycles. The van der Waals surface area contributed by atoms with Crippen LogP contribution in [0, 0.1) is 17.6 Å². The number of carbonyl (C=O) groups excluding carboxylic acids is 1. The number of halogens is 2. The monoisotopic (exact) mass is 295 g/mol. The molecule has 2 aliphatic rings. The Balaban J connectivity index is 1.82. The zero-order chi connectivity index (χ0) is 15.0. The van der Waals surface area contributed by atoms with Crippen molar-refractivity contribution in [2.75, 3.05) is 6.54 Å². The average Bonchev–Trinajstić information content (AvgIpc) is 3.04. The molecule has 1 saturated heterocycles. The van der Waals surface area contributed by atoms with Crippen LogP contribution in [0.4, 0.5) is 8.78 Å². The zero-order valence-corrected chi connectivity index (χ0v) is 11.8. The van der Waals surface area contributed by atoms with E-state index in [1.54, 1.807) is 4.90 Å². The van der Waals surface area contributed by atoms with E-state index in [2.05, 4.69) is 0 Å². The van der Waals surface area contributed by atoms with Gasteiger partial charge in [-0.15, -0.1) is 0 Å². The minimum Gasteiger partial charge on any atom is -0.393 e. The summed E-state index contributed by atoms with van der Waals surface area (Å²) in [5, 5.41) is 10.0. The molecular formula is C16H19F2NO2. The van der Waals surface area contributed by atoms with Gasteiger partial charge in [-0.3, -0.25) is 4.79 Å². The second-order valence-corrected chi connectivity index (χ2v) is 6.03. The molecular weight excluding hydrogens is 276 g/mol. The Kier molecular flexibility index (Phi) is 3.93. The summed E-state index contributed by atoms with van der Waals surface area (Å²) in [6.45, 7) is 0.588. The Hall–Kier alpha value is -1.49. The fourth-order valence-electron chi connectivity index (χ4n) is 3.75. The predicted octanol–water partition coefficient (Wildman–Crippen LogP) is 2.73. The molecule has 1 heterocycles. The van der Waals surface area contributed by atoms with E-state index in [1.165, 1.54) is 0 Å². The molecule has 3 rings (SSSR count). The second kappa shape index (κ2) is 5.72. The van der Waals surface area contributed by atoms with Gasteiger partial charge in [-0.05, 0) is 37.8 Å². The number of aliphatic hydroxyl groups is 1. The molecule has 3 unspecified atom stereocenters. The minimum atomic E-state index is -0.741. The standard InChI is InChI=1S/C16H19F2NO2/c17-11-7-10(8-12(18)9-11)16(21)19-6-2-4-14(19)13-3-1-5-15(13)20/h7-9,13-15,20H,1-6H2. The zero-order valence-electron chi connectivity index (χ0n) is 11.8. The molecule has 1 aromatic carbocycles. The highest BCUT2D eigenvalue weighted by Crippen LogP contribution is 2.36. The average molecular weight is 295 g/mol. The van der Waals surface area contributed by atoms with Crippen molar-refractivity contribution in [3.63, 3.8) is 0 Å². The summed E-state index contributed by atoms with van der Waals surface area (Å²) in [5.74, 6) is -1.73. The quantitative estimate of drug-likeness (QED) is 0.911. The van der Waals surface area contributed by atoms with Crippen LogP contribution >= 0.6 is 0 Å². The Morgan fingerprint density at radius 1 is 1.10 bits per heavy atom. The normalized spacial score (nSPS) is 29.1. The highest BCUT2D eigenvalue weighted by molar-refractivity contribution is 5.94. The number of nitrogens with zero attached hydrogens (tertiary/aromatic N) is 1. The van der Waals surface area contributed by atoms with Crippen LogP contribution in [0.2, 0.25) is 0 Å². The van der Waals surface area contributed by atoms with Gasteiger partial charge in [-0.25, -0.2) is 8.78 Å². The van der Waals surface area contributed by atoms with Crippen LogP contribution in [0.3, 0.4) is 0 Å². The van der Waals surface area contributed by atoms with Crippen LogP contribution < -0.4 is 0 Å². The molecule has 0 spiro atoms. The van der Waals surface area contributed by atoms with Crippen LogP contribution in [-0.2, 0) is 0 Å². The summed E-state index contributed by atoms with van der Waals surface area (Å²) in [7, 11) is 0. The van der Waals surface area contributed by atoms with E-state index in [0.29, 0.717) is 6.54 Å². The third kappa shape index (κ3) is 2.79. The van der Waals surface area contributed by atoms with Crippen molar-refractivity contribution in [3.05, 3.63) is 35.4 Å². The smallest absolute Gasteiger partial charge is 0.254 e. The molecule has 2 fully saturated rings. The molecule has 21 heavy (non-hydrogen) atoms. The number of carbonyl (C=O) groups is 1. The van der Waals surface area contributed by atoms with Crippen molar-refractivity contribution < 1.29 is 18.7 Å². The lowest BCUT2D eigenvalue weighted by molar-refractivity contribution is 0.0527. The number of rotatable bonds is 2. The predicted molar refractivity (Wildman–Crippen MR) is 73.8 cm³/mol. The third-order valence-electron chi connectivity index (χ3n) is 4.70. The molecule has 3 atom stereocenters. The number of likely N-dealkylation sites (tertiary alicyclic amines) is 1. The first-order valence-electron chi connectivity index (χ1n) is 7.51. The van der Waals surface area contributed by atoms with Gasteiger partial charge in [0.15, 0.2) is 0 Å². The van der Waals surface area contributed by atoms with Crippen LogP contribution in [0.1, 0.15) is 42.5 Å². The van der Waals surface area contributed by atoms with Gasteiger partial charge < -0.3 is 10.0 Å². The van der Waals surface area contributed by atoms with E-state index >= 15 is 0 Å². The number of hydrogen-bond acceptors (Lipinski definition) is 2. The Morgan fingerprint density at radius 2 is 1.81 bits per heavy atom. The van der Waals surface area contributed by atoms with Crippen molar-refractivity contribution in [1.82, 2.24) is 4.90 Å². The van der Waals surface area contributed by atoms with E-state index in [-0.39, 0.29) is 29.5 Å². The van der Waals surface area contributed by atoms with Crippen molar-refractivity contribution in [3.8, 4) is 0 Å². The first-order chi connectivity index (χ1) is 10.1. The maximum atomic E-state index is 13.3. The number of benzene rings is 1. The van der Waals surface area contributed by atoms with Gasteiger partial charge in [-0.1, -0.05) is 6.42 Å². The van der Waals surface area contributed by atoms with Gasteiger partial charge in [0.1, 0.15) is 11.6 Å². The molecule has 3 nitrogen and oxygen atoms in total. The fraction of sp³-hybridized carbons (Fsp3) is 0.562. The SMILES string of the molecule is O=C(c1cc(F)cc(F)c1)N1CCCC1C1CCCC1O. The first kappa shape index (κ1) is 14.4. The van der Waals surface area contributed by atoms with Crippen LogP contribution in [0.25, 0.3) is 0 Å². The lowest BCUT2D eigenvalue weighted by atomic mass is 9.93. The van der Waals surface area contributed by atoms with Crippen LogP contribution in [0.5, 0.6) is 0 Å². The Bertz CT molecular complexity index is 529. The van der Waals surface area contributed by atoms with Crippen LogP contribution in [-0.4, -0.2) is 34.6 Å². The third-order valence-corrected chi connectivity index (χ3v) is 4.70. The second-order valence-electron chi connectivity index (χ2n) is 6.03. The topological polar surface area (TPSA) is 40.5 Å². The molecule has 5 heteroatoms. The van der Waals surface area contributed by atoms with E-state index in [1.807, 2.05) is 0 Å². The van der Waals surface area contributed by atoms with Crippen molar-refractivity contribution in [2.45, 2.75) is 44.2 Å². The molecule has 0 aromatic heterocycles. The molecule has 0 radical (unpaired) electrons. The fourth-order valence-corrected chi connectivity index (χ4v) is 3.75. The van der Waals surface area contributed by atoms with E-state index < -0.39 is 11.6 Å². The number of aliphatic hydroxyl groups excluding tert-OH is 1. The maximum Gasteiger partial charge on any atom is 0.254 e. The van der Waals surface area contributed by atoms with E-state index in [4.69, 9.17) is 0 Å². The maximum absolute atomic E-state index is 13.3. The molecule has 0 bridgehead atoms. The van der Waals surface area contributed by atoms with E-state index in [9.17, 15) is 18.7 Å². The number of hydrogen-bond donors (Lipinski definition) is 1. The molecule has 1 aromatic rings. The summed E-state index contributed by atoms with van der Waals surface area (Å²) < 4.78 is 26.6. The van der Waals surface area contributed by atoms with Gasteiger partial charge >= 0.3 is 0 Å². The molecule has 1 saturated carbocycles.